The Hall–Kier alpha value is -1.35. The number of likely N-dealkylation sites (N-methyl/N-ethyl adjacent to an activating group) is 1. The number of hydrogen-bond acceptors (Lipinski definition) is 3. The Kier molecular flexibility index (Phi) is 9.76. The predicted octanol–water partition coefficient (Wildman–Crippen LogP) is 1.94. The van der Waals surface area contributed by atoms with Crippen LogP contribution < -0.4 is 5.32 Å². The maximum Gasteiger partial charge on any atom is 0.0479 e. The molecule has 0 fully saturated rings. The second-order valence-corrected chi connectivity index (χ2v) is 2.87. The van der Waals surface area contributed by atoms with E-state index in [2.05, 4.69) is 16.9 Å². The summed E-state index contributed by atoms with van der Waals surface area (Å²) in [6, 6.07) is 0. The first-order chi connectivity index (χ1) is 7.35. The van der Waals surface area contributed by atoms with Gasteiger partial charge in [-0.2, -0.15) is 0 Å². The Labute approximate surface area is 92.2 Å². The molecule has 0 saturated carbocycles. The smallest absolute Gasteiger partial charge is 0.0479 e. The molecular formula is C12H20N2O. The zero-order chi connectivity index (χ0) is 11.4. The van der Waals surface area contributed by atoms with Crippen LogP contribution >= 0.6 is 0 Å². The fourth-order valence-corrected chi connectivity index (χ4v) is 0.902. The lowest BCUT2D eigenvalue weighted by Crippen LogP contribution is -2.03. The summed E-state index contributed by atoms with van der Waals surface area (Å²) >= 11 is 0. The number of allylic oxidation sites excluding steroid dienone is 4. The van der Waals surface area contributed by atoms with E-state index in [0.717, 1.165) is 25.3 Å². The highest BCUT2D eigenvalue weighted by Crippen LogP contribution is 1.89. The third-order valence-electron chi connectivity index (χ3n) is 1.70. The van der Waals surface area contributed by atoms with Crippen LogP contribution in [0.2, 0.25) is 0 Å². The summed E-state index contributed by atoms with van der Waals surface area (Å²) in [5.74, 6) is 0. The fraction of sp³-hybridized carbons (Fsp3) is 0.417. The molecule has 0 aromatic heterocycles. The van der Waals surface area contributed by atoms with Crippen LogP contribution in [0.5, 0.6) is 0 Å². The van der Waals surface area contributed by atoms with E-state index in [0.29, 0.717) is 0 Å². The maximum atomic E-state index is 4.92. The van der Waals surface area contributed by atoms with Crippen molar-refractivity contribution in [2.75, 3.05) is 27.3 Å². The maximum absolute atomic E-state index is 4.92. The number of hydrogen-bond donors (Lipinski definition) is 1. The van der Waals surface area contributed by atoms with Crippen LogP contribution in [-0.2, 0) is 4.74 Å². The van der Waals surface area contributed by atoms with Crippen LogP contribution in [0.25, 0.3) is 0 Å². The van der Waals surface area contributed by atoms with E-state index in [1.807, 2.05) is 25.3 Å². The summed E-state index contributed by atoms with van der Waals surface area (Å²) in [5, 5.41) is 3.05. The molecule has 0 rings (SSSR count). The number of rotatable bonds is 8. The van der Waals surface area contributed by atoms with E-state index in [9.17, 15) is 0 Å². The minimum atomic E-state index is 0.760. The fourth-order valence-electron chi connectivity index (χ4n) is 0.902. The molecule has 0 amide bonds. The van der Waals surface area contributed by atoms with Crippen molar-refractivity contribution >= 4 is 6.21 Å². The van der Waals surface area contributed by atoms with Gasteiger partial charge in [0.15, 0.2) is 0 Å². The van der Waals surface area contributed by atoms with Gasteiger partial charge in [-0.05, 0) is 18.6 Å². The normalized spacial score (nSPS) is 12.5. The first-order valence-electron chi connectivity index (χ1n) is 5.01. The van der Waals surface area contributed by atoms with Crippen molar-refractivity contribution in [3.05, 3.63) is 36.6 Å². The van der Waals surface area contributed by atoms with Gasteiger partial charge in [-0.3, -0.25) is 4.99 Å². The molecule has 0 radical (unpaired) electrons. The third-order valence-corrected chi connectivity index (χ3v) is 1.70. The van der Waals surface area contributed by atoms with E-state index < -0.39 is 0 Å². The predicted molar refractivity (Wildman–Crippen MR) is 66.3 cm³/mol. The van der Waals surface area contributed by atoms with Crippen molar-refractivity contribution in [1.82, 2.24) is 5.32 Å². The zero-order valence-corrected chi connectivity index (χ0v) is 9.57. The summed E-state index contributed by atoms with van der Waals surface area (Å²) in [6.07, 6.45) is 10.2. The highest BCUT2D eigenvalue weighted by atomic mass is 16.5. The third kappa shape index (κ3) is 8.97. The number of ether oxygens (including phenoxy) is 1. The van der Waals surface area contributed by atoms with Crippen LogP contribution in [0.1, 0.15) is 6.42 Å². The van der Waals surface area contributed by atoms with Crippen molar-refractivity contribution in [3.8, 4) is 0 Å². The van der Waals surface area contributed by atoms with Crippen molar-refractivity contribution in [1.29, 1.82) is 0 Å². The molecule has 0 aromatic carbocycles. The topological polar surface area (TPSA) is 33.6 Å². The Morgan fingerprint density at radius 3 is 2.93 bits per heavy atom. The molecule has 0 bridgehead atoms. The van der Waals surface area contributed by atoms with Crippen molar-refractivity contribution in [3.63, 3.8) is 0 Å². The molecular weight excluding hydrogens is 188 g/mol. The first kappa shape index (κ1) is 13.7. The first-order valence-corrected chi connectivity index (χ1v) is 5.01. The minimum absolute atomic E-state index is 0.760. The van der Waals surface area contributed by atoms with Crippen molar-refractivity contribution in [2.45, 2.75) is 6.42 Å². The number of nitrogens with zero attached hydrogens (tertiary/aromatic N) is 1. The summed E-state index contributed by atoms with van der Waals surface area (Å²) in [6.45, 7) is 5.17. The Morgan fingerprint density at radius 2 is 2.33 bits per heavy atom. The van der Waals surface area contributed by atoms with Gasteiger partial charge in [-0.25, -0.2) is 0 Å². The number of nitrogens with one attached hydrogen (secondary N) is 1. The molecule has 1 N–H and O–H groups in total. The van der Waals surface area contributed by atoms with Gasteiger partial charge in [0.2, 0.25) is 0 Å². The van der Waals surface area contributed by atoms with Gasteiger partial charge in [0.1, 0.15) is 0 Å². The summed E-state index contributed by atoms with van der Waals surface area (Å²) in [7, 11) is 3.57. The van der Waals surface area contributed by atoms with Crippen LogP contribution in [0.15, 0.2) is 41.6 Å². The van der Waals surface area contributed by atoms with E-state index >= 15 is 0 Å². The monoisotopic (exact) mass is 208 g/mol. The summed E-state index contributed by atoms with van der Waals surface area (Å²) < 4.78 is 4.92. The molecule has 0 aliphatic heterocycles. The summed E-state index contributed by atoms with van der Waals surface area (Å²) in [5.41, 5.74) is 1.00. The van der Waals surface area contributed by atoms with Gasteiger partial charge in [0.25, 0.3) is 0 Å². The molecule has 0 atom stereocenters. The van der Waals surface area contributed by atoms with Gasteiger partial charge >= 0.3 is 0 Å². The van der Waals surface area contributed by atoms with E-state index in [-0.39, 0.29) is 0 Å². The molecule has 0 spiro atoms. The lowest BCUT2D eigenvalue weighted by Gasteiger charge is -1.97. The highest BCUT2D eigenvalue weighted by molar-refractivity contribution is 5.72. The van der Waals surface area contributed by atoms with Gasteiger partial charge in [-0.15, -0.1) is 0 Å². The van der Waals surface area contributed by atoms with Gasteiger partial charge in [-0.1, -0.05) is 18.7 Å². The van der Waals surface area contributed by atoms with Gasteiger partial charge < -0.3 is 10.1 Å². The Bertz CT molecular complexity index is 242. The highest BCUT2D eigenvalue weighted by Gasteiger charge is 1.83. The molecule has 0 aliphatic rings. The SMILES string of the molecule is C=C/C=C\C(=C/C=NCCCOC)NC. The van der Waals surface area contributed by atoms with Crippen molar-refractivity contribution in [2.24, 2.45) is 4.99 Å². The Morgan fingerprint density at radius 1 is 1.53 bits per heavy atom. The van der Waals surface area contributed by atoms with Crippen molar-refractivity contribution < 1.29 is 4.74 Å². The van der Waals surface area contributed by atoms with Gasteiger partial charge in [0, 0.05) is 39.2 Å². The molecule has 3 nitrogen and oxygen atoms in total. The minimum Gasteiger partial charge on any atom is -0.388 e. The standard InChI is InChI=1S/C12H20N2O/c1-4-5-7-12(13-2)8-10-14-9-6-11-15-3/h4-5,7-8,10,13H,1,6,9,11H2,2-3H3/b7-5-,12-8+,14-10?. The molecule has 0 unspecified atom stereocenters. The average Bonchev–Trinajstić information content (AvgIpc) is 2.27. The second-order valence-electron chi connectivity index (χ2n) is 2.87. The quantitative estimate of drug-likeness (QED) is 0.376. The molecule has 0 saturated heterocycles. The lowest BCUT2D eigenvalue weighted by molar-refractivity contribution is 0.197. The largest absolute Gasteiger partial charge is 0.388 e. The van der Waals surface area contributed by atoms with E-state index in [1.165, 1.54) is 0 Å². The number of methoxy groups -OCH3 is 1. The zero-order valence-electron chi connectivity index (χ0n) is 9.57. The van der Waals surface area contributed by atoms with Crippen LogP contribution in [0.3, 0.4) is 0 Å². The second kappa shape index (κ2) is 10.7. The average molecular weight is 208 g/mol. The Balaban J connectivity index is 3.88. The number of aliphatic imine (C=N–C) groups is 1. The molecule has 0 aliphatic carbocycles. The van der Waals surface area contributed by atoms with E-state index in [4.69, 9.17) is 4.74 Å². The molecule has 0 aromatic rings. The molecule has 0 heterocycles. The van der Waals surface area contributed by atoms with E-state index in [1.54, 1.807) is 19.4 Å². The molecule has 15 heavy (non-hydrogen) atoms. The molecule has 84 valence electrons. The van der Waals surface area contributed by atoms with Crippen LogP contribution in [-0.4, -0.2) is 33.5 Å². The van der Waals surface area contributed by atoms with Crippen LogP contribution in [0, 0.1) is 0 Å². The van der Waals surface area contributed by atoms with Gasteiger partial charge in [0.05, 0.1) is 0 Å². The van der Waals surface area contributed by atoms with Crippen LogP contribution in [0.4, 0.5) is 0 Å². The summed E-state index contributed by atoms with van der Waals surface area (Å²) in [4.78, 5) is 4.22. The molecule has 3 heteroatoms. The lowest BCUT2D eigenvalue weighted by atomic mass is 10.3.